The molecule has 0 radical (unpaired) electrons. The molecule has 0 unspecified atom stereocenters. The van der Waals surface area contributed by atoms with Gasteiger partial charge in [-0.15, -0.1) is 0 Å². The van der Waals surface area contributed by atoms with Gasteiger partial charge in [-0.25, -0.2) is 4.68 Å². The lowest BCUT2D eigenvalue weighted by Crippen LogP contribution is -2.46. The first-order valence-electron chi connectivity index (χ1n) is 10.3. The Labute approximate surface area is 175 Å². The molecule has 2 aromatic heterocycles. The van der Waals surface area contributed by atoms with Crippen molar-refractivity contribution < 1.29 is 14.0 Å². The highest BCUT2D eigenvalue weighted by Gasteiger charge is 2.26. The van der Waals surface area contributed by atoms with E-state index in [0.717, 1.165) is 29.8 Å². The number of hydrogen-bond acceptors (Lipinski definition) is 4. The fourth-order valence-corrected chi connectivity index (χ4v) is 3.94. The molecule has 3 aromatic rings. The van der Waals surface area contributed by atoms with Crippen LogP contribution in [0.2, 0.25) is 0 Å². The van der Waals surface area contributed by atoms with E-state index >= 15 is 0 Å². The van der Waals surface area contributed by atoms with Gasteiger partial charge in [-0.2, -0.15) is 5.10 Å². The first kappa shape index (κ1) is 19.9. The van der Waals surface area contributed by atoms with E-state index in [1.807, 2.05) is 36.7 Å². The van der Waals surface area contributed by atoms with Gasteiger partial charge in [-0.1, -0.05) is 19.1 Å². The van der Waals surface area contributed by atoms with Gasteiger partial charge in [-0.3, -0.25) is 9.59 Å². The average Bonchev–Trinajstić information content (AvgIpc) is 3.43. The van der Waals surface area contributed by atoms with Gasteiger partial charge in [-0.05, 0) is 49.9 Å². The molecule has 7 heteroatoms. The Kier molecular flexibility index (Phi) is 5.70. The zero-order chi connectivity index (χ0) is 21.1. The van der Waals surface area contributed by atoms with Crippen LogP contribution >= 0.6 is 0 Å². The van der Waals surface area contributed by atoms with Crippen LogP contribution in [0.1, 0.15) is 51.7 Å². The molecule has 0 bridgehead atoms. The number of piperidine rings is 1. The van der Waals surface area contributed by atoms with Crippen LogP contribution in [0.5, 0.6) is 0 Å². The molecule has 7 nitrogen and oxygen atoms in total. The van der Waals surface area contributed by atoms with Crippen molar-refractivity contribution in [3.63, 3.8) is 0 Å². The summed E-state index contributed by atoms with van der Waals surface area (Å²) in [7, 11) is 0. The average molecular weight is 406 g/mol. The number of amides is 2. The fourth-order valence-electron chi connectivity index (χ4n) is 3.94. The van der Waals surface area contributed by atoms with Crippen molar-refractivity contribution in [2.45, 2.75) is 39.2 Å². The van der Waals surface area contributed by atoms with Crippen LogP contribution in [0.3, 0.4) is 0 Å². The molecule has 4 rings (SSSR count). The molecule has 1 aromatic carbocycles. The number of rotatable bonds is 5. The lowest BCUT2D eigenvalue weighted by atomic mass is 10.0. The molecule has 0 atom stereocenters. The molecule has 0 aliphatic carbocycles. The Morgan fingerprint density at radius 1 is 1.23 bits per heavy atom. The van der Waals surface area contributed by atoms with Crippen LogP contribution < -0.4 is 5.32 Å². The summed E-state index contributed by atoms with van der Waals surface area (Å²) in [6, 6.07) is 9.79. The Balaban J connectivity index is 1.41. The van der Waals surface area contributed by atoms with Crippen molar-refractivity contribution in [1.29, 1.82) is 0 Å². The number of hydrogen-bond donors (Lipinski definition) is 1. The smallest absolute Gasteiger partial charge is 0.257 e. The van der Waals surface area contributed by atoms with Crippen LogP contribution in [0.25, 0.3) is 5.69 Å². The van der Waals surface area contributed by atoms with Crippen LogP contribution in [0.15, 0.2) is 53.5 Å². The van der Waals surface area contributed by atoms with Gasteiger partial charge in [0.25, 0.3) is 11.8 Å². The third-order valence-corrected chi connectivity index (χ3v) is 5.58. The predicted octanol–water partition coefficient (Wildman–Crippen LogP) is 3.37. The Hall–Kier alpha value is -3.35. The lowest BCUT2D eigenvalue weighted by molar-refractivity contribution is 0.0697. The topological polar surface area (TPSA) is 80.4 Å². The van der Waals surface area contributed by atoms with Crippen molar-refractivity contribution in [3.05, 3.63) is 71.4 Å². The number of nitrogens with one attached hydrogen (secondary N) is 1. The minimum absolute atomic E-state index is 0.0266. The Bertz CT molecular complexity index is 1030. The molecular weight excluding hydrogens is 380 g/mol. The van der Waals surface area contributed by atoms with Crippen LogP contribution in [0.4, 0.5) is 0 Å². The number of carbonyl (C=O) groups is 2. The lowest BCUT2D eigenvalue weighted by Gasteiger charge is -2.32. The summed E-state index contributed by atoms with van der Waals surface area (Å²) in [4.78, 5) is 27.2. The number of carbonyl (C=O) groups excluding carboxylic acids is 2. The standard InChI is InChI=1S/C23H26N4O3/c1-3-21-20(14-24-27(21)19-6-4-5-16(2)13-19)22(28)25-18-7-10-26(11-8-18)23(29)17-9-12-30-15-17/h4-6,9,12-15,18H,3,7-8,10-11H2,1-2H3,(H,25,28). The highest BCUT2D eigenvalue weighted by molar-refractivity contribution is 5.96. The highest BCUT2D eigenvalue weighted by Crippen LogP contribution is 2.19. The molecule has 0 saturated carbocycles. The van der Waals surface area contributed by atoms with Gasteiger partial charge in [0, 0.05) is 19.1 Å². The second-order valence-electron chi connectivity index (χ2n) is 7.66. The SMILES string of the molecule is CCc1c(C(=O)NC2CCN(C(=O)c3ccoc3)CC2)cnn1-c1cccc(C)c1. The molecule has 3 heterocycles. The first-order chi connectivity index (χ1) is 14.6. The maximum Gasteiger partial charge on any atom is 0.257 e. The molecule has 0 spiro atoms. The molecule has 2 amide bonds. The molecule has 1 saturated heterocycles. The quantitative estimate of drug-likeness (QED) is 0.704. The summed E-state index contributed by atoms with van der Waals surface area (Å²) in [5.74, 6) is -0.133. The zero-order valence-electron chi connectivity index (χ0n) is 17.3. The van der Waals surface area contributed by atoms with Gasteiger partial charge in [0.05, 0.1) is 35.0 Å². The third-order valence-electron chi connectivity index (χ3n) is 5.58. The van der Waals surface area contributed by atoms with E-state index in [-0.39, 0.29) is 17.9 Å². The van der Waals surface area contributed by atoms with Crippen molar-refractivity contribution in [1.82, 2.24) is 20.0 Å². The molecule has 156 valence electrons. The number of likely N-dealkylation sites (tertiary alicyclic amines) is 1. The van der Waals surface area contributed by atoms with Crippen LogP contribution in [0, 0.1) is 6.92 Å². The third kappa shape index (κ3) is 4.01. The monoisotopic (exact) mass is 406 g/mol. The number of benzene rings is 1. The van der Waals surface area contributed by atoms with Gasteiger partial charge in [0.2, 0.25) is 0 Å². The second kappa shape index (κ2) is 8.57. The maximum atomic E-state index is 12.9. The van der Waals surface area contributed by atoms with E-state index in [1.165, 1.54) is 12.5 Å². The Morgan fingerprint density at radius 2 is 2.03 bits per heavy atom. The van der Waals surface area contributed by atoms with Crippen molar-refractivity contribution in [2.75, 3.05) is 13.1 Å². The molecule has 30 heavy (non-hydrogen) atoms. The minimum Gasteiger partial charge on any atom is -0.472 e. The number of aryl methyl sites for hydroxylation is 1. The normalized spacial score (nSPS) is 14.7. The first-order valence-corrected chi connectivity index (χ1v) is 10.3. The summed E-state index contributed by atoms with van der Waals surface area (Å²) < 4.78 is 6.84. The summed E-state index contributed by atoms with van der Waals surface area (Å²) in [6.07, 6.45) is 6.77. The van der Waals surface area contributed by atoms with Gasteiger partial charge in [0.15, 0.2) is 0 Å². The number of furan rings is 1. The van der Waals surface area contributed by atoms with E-state index in [4.69, 9.17) is 4.42 Å². The summed E-state index contributed by atoms with van der Waals surface area (Å²) in [5, 5.41) is 7.60. The Morgan fingerprint density at radius 3 is 2.70 bits per heavy atom. The van der Waals surface area contributed by atoms with E-state index in [0.29, 0.717) is 30.6 Å². The molecular formula is C23H26N4O3. The van der Waals surface area contributed by atoms with E-state index in [2.05, 4.69) is 16.5 Å². The van der Waals surface area contributed by atoms with Crippen molar-refractivity contribution in [2.24, 2.45) is 0 Å². The molecule has 1 aliphatic rings. The highest BCUT2D eigenvalue weighted by atomic mass is 16.3. The molecule has 1 fully saturated rings. The van der Waals surface area contributed by atoms with Gasteiger partial charge in [0.1, 0.15) is 6.26 Å². The van der Waals surface area contributed by atoms with Gasteiger partial charge >= 0.3 is 0 Å². The summed E-state index contributed by atoms with van der Waals surface area (Å²) in [5.41, 5.74) is 4.17. The number of nitrogens with zero attached hydrogens (tertiary/aromatic N) is 3. The predicted molar refractivity (Wildman–Crippen MR) is 113 cm³/mol. The van der Waals surface area contributed by atoms with E-state index < -0.39 is 0 Å². The van der Waals surface area contributed by atoms with E-state index in [1.54, 1.807) is 17.2 Å². The van der Waals surface area contributed by atoms with Crippen molar-refractivity contribution in [3.8, 4) is 5.69 Å². The van der Waals surface area contributed by atoms with Gasteiger partial charge < -0.3 is 14.6 Å². The zero-order valence-corrected chi connectivity index (χ0v) is 17.3. The number of aromatic nitrogens is 2. The maximum absolute atomic E-state index is 12.9. The van der Waals surface area contributed by atoms with Crippen LogP contribution in [-0.4, -0.2) is 45.6 Å². The van der Waals surface area contributed by atoms with E-state index in [9.17, 15) is 9.59 Å². The largest absolute Gasteiger partial charge is 0.472 e. The molecule has 1 aliphatic heterocycles. The summed E-state index contributed by atoms with van der Waals surface area (Å²) in [6.45, 7) is 5.28. The van der Waals surface area contributed by atoms with Crippen molar-refractivity contribution >= 4 is 11.8 Å². The molecule has 1 N–H and O–H groups in total. The fraction of sp³-hybridized carbons (Fsp3) is 0.348. The van der Waals surface area contributed by atoms with Crippen LogP contribution in [-0.2, 0) is 6.42 Å². The second-order valence-corrected chi connectivity index (χ2v) is 7.66. The summed E-state index contributed by atoms with van der Waals surface area (Å²) >= 11 is 0. The minimum atomic E-state index is -0.106.